The van der Waals surface area contributed by atoms with Gasteiger partial charge < -0.3 is 10.4 Å². The largest absolute Gasteiger partial charge is 0.506 e. The highest BCUT2D eigenvalue weighted by molar-refractivity contribution is 5.23. The van der Waals surface area contributed by atoms with Crippen LogP contribution in [0.25, 0.3) is 0 Å². The van der Waals surface area contributed by atoms with Gasteiger partial charge in [-0.25, -0.2) is 0 Å². The molecule has 1 aliphatic rings. The summed E-state index contributed by atoms with van der Waals surface area (Å²) in [5.41, 5.74) is 0. The van der Waals surface area contributed by atoms with Crippen molar-refractivity contribution < 1.29 is 5.11 Å². The van der Waals surface area contributed by atoms with Gasteiger partial charge in [0.05, 0.1) is 6.04 Å². The first-order valence-corrected chi connectivity index (χ1v) is 2.46. The summed E-state index contributed by atoms with van der Waals surface area (Å²) in [7, 11) is 0. The highest BCUT2D eigenvalue weighted by atomic mass is 16.3. The third-order valence-electron chi connectivity index (χ3n) is 0.952. The van der Waals surface area contributed by atoms with Crippen LogP contribution >= 0.6 is 0 Å². The van der Waals surface area contributed by atoms with Crippen LogP contribution in [0.5, 0.6) is 0 Å². The molecule has 0 atom stereocenters. The monoisotopic (exact) mass is 110 g/mol. The molecule has 0 amide bonds. The molecule has 2 nitrogen and oxygen atoms in total. The highest BCUT2D eigenvalue weighted by Gasteiger charge is 1.98. The van der Waals surface area contributed by atoms with E-state index in [2.05, 4.69) is 5.32 Å². The van der Waals surface area contributed by atoms with E-state index in [1.165, 1.54) is 0 Å². The third-order valence-corrected chi connectivity index (χ3v) is 0.952. The summed E-state index contributed by atoms with van der Waals surface area (Å²) in [4.78, 5) is 0. The maximum absolute atomic E-state index is 8.73. The molecule has 1 aliphatic heterocycles. The smallest absolute Gasteiger partial charge is 0.130 e. The molecule has 0 saturated carbocycles. The molecule has 0 aromatic rings. The molecule has 0 saturated heterocycles. The standard InChI is InChI=1S/C6H8NO/c1-5-2-3-6(8)4-7-5/h2-4,7-8H,1H3. The summed E-state index contributed by atoms with van der Waals surface area (Å²) in [5, 5.41) is 11.6. The molecule has 1 heterocycles. The van der Waals surface area contributed by atoms with Crippen molar-refractivity contribution in [1.82, 2.24) is 5.32 Å². The van der Waals surface area contributed by atoms with Gasteiger partial charge in [0.25, 0.3) is 0 Å². The van der Waals surface area contributed by atoms with Gasteiger partial charge in [-0.3, -0.25) is 0 Å². The van der Waals surface area contributed by atoms with E-state index in [0.29, 0.717) is 0 Å². The summed E-state index contributed by atoms with van der Waals surface area (Å²) in [6, 6.07) is 1.04. The van der Waals surface area contributed by atoms with Gasteiger partial charge in [-0.05, 0) is 13.0 Å². The zero-order valence-electron chi connectivity index (χ0n) is 4.68. The second-order valence-corrected chi connectivity index (χ2v) is 1.73. The number of hydrogen-bond acceptors (Lipinski definition) is 2. The Labute approximate surface area is 48.5 Å². The van der Waals surface area contributed by atoms with Crippen LogP contribution in [0.4, 0.5) is 0 Å². The molecule has 0 aromatic heterocycles. The Morgan fingerprint density at radius 3 is 2.62 bits per heavy atom. The van der Waals surface area contributed by atoms with E-state index in [9.17, 15) is 0 Å². The molecule has 0 aromatic carbocycles. The number of allylic oxidation sites excluding steroid dienone is 1. The second kappa shape index (κ2) is 1.90. The van der Waals surface area contributed by atoms with Crippen molar-refractivity contribution in [2.24, 2.45) is 0 Å². The van der Waals surface area contributed by atoms with Crippen LogP contribution in [-0.4, -0.2) is 5.11 Å². The van der Waals surface area contributed by atoms with Gasteiger partial charge >= 0.3 is 0 Å². The lowest BCUT2D eigenvalue weighted by atomic mass is 10.2. The van der Waals surface area contributed by atoms with Crippen molar-refractivity contribution in [2.75, 3.05) is 0 Å². The molecule has 1 rings (SSSR count). The van der Waals surface area contributed by atoms with Crippen LogP contribution < -0.4 is 5.32 Å². The van der Waals surface area contributed by atoms with Crippen LogP contribution in [-0.2, 0) is 0 Å². The number of hydrogen-bond donors (Lipinski definition) is 2. The minimum Gasteiger partial charge on any atom is -0.506 e. The first-order chi connectivity index (χ1) is 3.79. The number of aliphatic hydroxyl groups is 1. The first kappa shape index (κ1) is 5.22. The summed E-state index contributed by atoms with van der Waals surface area (Å²) >= 11 is 0. The van der Waals surface area contributed by atoms with Crippen molar-refractivity contribution in [1.29, 1.82) is 0 Å². The number of aliphatic hydroxyl groups excluding tert-OH is 1. The van der Waals surface area contributed by atoms with Crippen LogP contribution in [0.1, 0.15) is 6.92 Å². The normalized spacial score (nSPS) is 19.9. The van der Waals surface area contributed by atoms with Crippen LogP contribution in [0.3, 0.4) is 0 Å². The predicted molar refractivity (Wildman–Crippen MR) is 31.9 cm³/mol. The van der Waals surface area contributed by atoms with Crippen molar-refractivity contribution in [3.05, 3.63) is 30.2 Å². The molecule has 0 fully saturated rings. The van der Waals surface area contributed by atoms with E-state index in [1.807, 2.05) is 13.0 Å². The fourth-order valence-electron chi connectivity index (χ4n) is 0.494. The van der Waals surface area contributed by atoms with Gasteiger partial charge in [0.2, 0.25) is 0 Å². The Bertz CT molecular complexity index is 137. The van der Waals surface area contributed by atoms with E-state index < -0.39 is 0 Å². The summed E-state index contributed by atoms with van der Waals surface area (Å²) in [6.07, 6.45) is 5.01. The van der Waals surface area contributed by atoms with E-state index in [-0.39, 0.29) is 5.76 Å². The Kier molecular flexibility index (Phi) is 1.24. The van der Waals surface area contributed by atoms with Crippen molar-refractivity contribution >= 4 is 0 Å². The minimum atomic E-state index is 0.274. The molecule has 2 heteroatoms. The van der Waals surface area contributed by atoms with Crippen molar-refractivity contribution in [3.8, 4) is 0 Å². The lowest BCUT2D eigenvalue weighted by molar-refractivity contribution is 0.425. The summed E-state index contributed by atoms with van der Waals surface area (Å²) in [5.74, 6) is 0.274. The van der Waals surface area contributed by atoms with Crippen LogP contribution in [0, 0.1) is 6.04 Å². The lowest BCUT2D eigenvalue weighted by Gasteiger charge is -2.08. The molecule has 0 spiro atoms. The van der Waals surface area contributed by atoms with E-state index in [1.54, 1.807) is 12.3 Å². The molecule has 8 heavy (non-hydrogen) atoms. The fourth-order valence-corrected chi connectivity index (χ4v) is 0.494. The molecule has 0 aliphatic carbocycles. The molecular weight excluding hydrogens is 102 g/mol. The number of dihydropyridines is 1. The van der Waals surface area contributed by atoms with Crippen LogP contribution in [0.2, 0.25) is 0 Å². The topological polar surface area (TPSA) is 32.3 Å². The maximum atomic E-state index is 8.73. The quantitative estimate of drug-likeness (QED) is 0.489. The van der Waals surface area contributed by atoms with Gasteiger partial charge in [-0.2, -0.15) is 0 Å². The molecule has 43 valence electrons. The van der Waals surface area contributed by atoms with E-state index >= 15 is 0 Å². The van der Waals surface area contributed by atoms with E-state index in [0.717, 1.165) is 6.04 Å². The van der Waals surface area contributed by atoms with Gasteiger partial charge in [-0.1, -0.05) is 6.08 Å². The lowest BCUT2D eigenvalue weighted by Crippen LogP contribution is -2.12. The highest BCUT2D eigenvalue weighted by Crippen LogP contribution is 2.03. The number of nitrogens with one attached hydrogen (secondary N) is 1. The first-order valence-electron chi connectivity index (χ1n) is 2.46. The zero-order chi connectivity index (χ0) is 5.98. The molecule has 0 bridgehead atoms. The van der Waals surface area contributed by atoms with Gasteiger partial charge in [0, 0.05) is 6.20 Å². The second-order valence-electron chi connectivity index (χ2n) is 1.73. The van der Waals surface area contributed by atoms with Crippen molar-refractivity contribution in [3.63, 3.8) is 0 Å². The molecule has 2 N–H and O–H groups in total. The maximum Gasteiger partial charge on any atom is 0.130 e. The Morgan fingerprint density at radius 2 is 2.25 bits per heavy atom. The van der Waals surface area contributed by atoms with Crippen molar-refractivity contribution in [2.45, 2.75) is 6.92 Å². The fraction of sp³-hybridized carbons (Fsp3) is 0.167. The van der Waals surface area contributed by atoms with Crippen LogP contribution in [0.15, 0.2) is 24.1 Å². The summed E-state index contributed by atoms with van der Waals surface area (Å²) < 4.78 is 0. The minimum absolute atomic E-state index is 0.274. The third kappa shape index (κ3) is 1.03. The Morgan fingerprint density at radius 1 is 1.50 bits per heavy atom. The SMILES string of the molecule is C[C]1C=CC(O)=CN1. The summed E-state index contributed by atoms with van der Waals surface area (Å²) in [6.45, 7) is 1.93. The molecular formula is C6H8NO. The Hall–Kier alpha value is -0.920. The van der Waals surface area contributed by atoms with Gasteiger partial charge in [0.1, 0.15) is 5.76 Å². The molecule has 0 unspecified atom stereocenters. The predicted octanol–water partition coefficient (Wildman–Crippen LogP) is 1.10. The van der Waals surface area contributed by atoms with E-state index in [4.69, 9.17) is 5.11 Å². The van der Waals surface area contributed by atoms with Gasteiger partial charge in [0.15, 0.2) is 0 Å². The molecule has 1 radical (unpaired) electrons. The Balaban J connectivity index is 2.58. The van der Waals surface area contributed by atoms with Gasteiger partial charge in [-0.15, -0.1) is 0 Å². The number of rotatable bonds is 0. The average Bonchev–Trinajstić information content (AvgIpc) is 1.77. The zero-order valence-corrected chi connectivity index (χ0v) is 4.68. The average molecular weight is 110 g/mol.